The Hall–Kier alpha value is -0.590. The van der Waals surface area contributed by atoms with E-state index in [9.17, 15) is 8.42 Å². The molecule has 1 N–H and O–H groups in total. The van der Waals surface area contributed by atoms with Crippen LogP contribution in [0.1, 0.15) is 52.4 Å². The number of nitrogens with one attached hydrogen (secondary N) is 1. The third-order valence-electron chi connectivity index (χ3n) is 4.15. The second kappa shape index (κ2) is 7.99. The van der Waals surface area contributed by atoms with Crippen LogP contribution in [0, 0.1) is 0 Å². The molecule has 1 aliphatic carbocycles. The number of hydrogen-bond acceptors (Lipinski definition) is 3. The van der Waals surface area contributed by atoms with Crippen LogP contribution in [0.3, 0.4) is 0 Å². The molecule has 130 valence electrons. The Kier molecular flexibility index (Phi) is 6.51. The molecule has 6 heteroatoms. The van der Waals surface area contributed by atoms with Gasteiger partial charge in [0, 0.05) is 11.4 Å². The van der Waals surface area contributed by atoms with Gasteiger partial charge in [0.05, 0.1) is 4.90 Å². The third-order valence-corrected chi connectivity index (χ3v) is 6.08. The Morgan fingerprint density at radius 2 is 1.78 bits per heavy atom. The molecule has 0 amide bonds. The smallest absolute Gasteiger partial charge is 0.240 e. The Labute approximate surface area is 148 Å². The molecule has 0 aromatic heterocycles. The highest BCUT2D eigenvalue weighted by Crippen LogP contribution is 2.24. The first-order chi connectivity index (χ1) is 10.8. The zero-order valence-electron chi connectivity index (χ0n) is 13.8. The summed E-state index contributed by atoms with van der Waals surface area (Å²) in [6.45, 7) is 4.03. The fourth-order valence-electron chi connectivity index (χ4n) is 2.79. The quantitative estimate of drug-likeness (QED) is 0.692. The molecule has 0 heterocycles. The van der Waals surface area contributed by atoms with Crippen molar-refractivity contribution < 1.29 is 13.2 Å². The van der Waals surface area contributed by atoms with Gasteiger partial charge in [0.1, 0.15) is 11.4 Å². The fraction of sp³-hybridized carbons (Fsp3) is 0.647. The summed E-state index contributed by atoms with van der Waals surface area (Å²) in [5, 5.41) is 0.859. The van der Waals surface area contributed by atoms with Crippen molar-refractivity contribution in [2.75, 3.05) is 5.33 Å². The summed E-state index contributed by atoms with van der Waals surface area (Å²) in [5.41, 5.74) is -0.287. The van der Waals surface area contributed by atoms with E-state index in [1.807, 2.05) is 13.8 Å². The van der Waals surface area contributed by atoms with Crippen LogP contribution < -0.4 is 9.46 Å². The molecule has 0 saturated heterocycles. The summed E-state index contributed by atoms with van der Waals surface area (Å²) < 4.78 is 33.6. The van der Waals surface area contributed by atoms with Gasteiger partial charge in [-0.1, -0.05) is 35.2 Å². The third kappa shape index (κ3) is 5.76. The molecule has 0 unspecified atom stereocenters. The van der Waals surface area contributed by atoms with Crippen molar-refractivity contribution in [3.63, 3.8) is 0 Å². The molecule has 0 radical (unpaired) electrons. The van der Waals surface area contributed by atoms with Crippen LogP contribution in [0.5, 0.6) is 5.75 Å². The molecule has 2 rings (SSSR count). The second-order valence-corrected chi connectivity index (χ2v) is 9.24. The minimum absolute atomic E-state index is 0.0718. The van der Waals surface area contributed by atoms with E-state index in [0.29, 0.717) is 10.6 Å². The summed E-state index contributed by atoms with van der Waals surface area (Å²) in [6, 6.07) is 6.76. The molecule has 0 spiro atoms. The summed E-state index contributed by atoms with van der Waals surface area (Å²) in [6.07, 6.45) is 6.14. The average Bonchev–Trinajstić information content (AvgIpc) is 2.47. The Balaban J connectivity index is 2.03. The number of ether oxygens (including phenoxy) is 1. The Morgan fingerprint density at radius 1 is 1.17 bits per heavy atom. The lowest BCUT2D eigenvalue weighted by molar-refractivity contribution is 0.107. The van der Waals surface area contributed by atoms with Crippen molar-refractivity contribution in [1.29, 1.82) is 0 Å². The lowest BCUT2D eigenvalue weighted by Gasteiger charge is -2.26. The monoisotopic (exact) mass is 403 g/mol. The van der Waals surface area contributed by atoms with E-state index < -0.39 is 10.0 Å². The molecule has 1 saturated carbocycles. The van der Waals surface area contributed by atoms with E-state index >= 15 is 0 Å². The number of rotatable bonds is 7. The highest BCUT2D eigenvalue weighted by Gasteiger charge is 2.23. The van der Waals surface area contributed by atoms with Crippen LogP contribution in [0.2, 0.25) is 0 Å². The number of benzene rings is 1. The Morgan fingerprint density at radius 3 is 2.35 bits per heavy atom. The van der Waals surface area contributed by atoms with E-state index in [-0.39, 0.29) is 11.6 Å². The molecule has 1 aromatic rings. The van der Waals surface area contributed by atoms with E-state index in [4.69, 9.17) is 4.74 Å². The summed E-state index contributed by atoms with van der Waals surface area (Å²) >= 11 is 3.42. The van der Waals surface area contributed by atoms with Crippen LogP contribution in [-0.4, -0.2) is 25.4 Å². The molecule has 23 heavy (non-hydrogen) atoms. The van der Waals surface area contributed by atoms with Crippen LogP contribution in [0.4, 0.5) is 0 Å². The van der Waals surface area contributed by atoms with Crippen LogP contribution >= 0.6 is 15.9 Å². The highest BCUT2D eigenvalue weighted by atomic mass is 79.9. The predicted octanol–water partition coefficient (Wildman–Crippen LogP) is 4.24. The topological polar surface area (TPSA) is 55.4 Å². The minimum Gasteiger partial charge on any atom is -0.488 e. The van der Waals surface area contributed by atoms with Crippen molar-refractivity contribution in [3.05, 3.63) is 24.3 Å². The molecule has 1 aromatic carbocycles. The zero-order chi connectivity index (χ0) is 16.9. The van der Waals surface area contributed by atoms with Gasteiger partial charge >= 0.3 is 0 Å². The van der Waals surface area contributed by atoms with E-state index in [1.165, 1.54) is 6.42 Å². The van der Waals surface area contributed by atoms with E-state index in [2.05, 4.69) is 20.7 Å². The molecule has 0 bridgehead atoms. The maximum atomic E-state index is 12.4. The lowest BCUT2D eigenvalue weighted by Crippen LogP contribution is -2.36. The normalized spacial score (nSPS) is 17.2. The molecule has 0 atom stereocenters. The first-order valence-electron chi connectivity index (χ1n) is 8.20. The van der Waals surface area contributed by atoms with Gasteiger partial charge in [0.15, 0.2) is 0 Å². The summed E-state index contributed by atoms with van der Waals surface area (Å²) in [4.78, 5) is 0.300. The van der Waals surface area contributed by atoms with Gasteiger partial charge in [-0.3, -0.25) is 0 Å². The number of halogens is 1. The van der Waals surface area contributed by atoms with Gasteiger partial charge in [-0.2, -0.15) is 0 Å². The first kappa shape index (κ1) is 18.7. The summed E-state index contributed by atoms with van der Waals surface area (Å²) in [7, 11) is -3.44. The zero-order valence-corrected chi connectivity index (χ0v) is 16.2. The fourth-order valence-corrected chi connectivity index (χ4v) is 5.05. The van der Waals surface area contributed by atoms with Gasteiger partial charge < -0.3 is 4.74 Å². The highest BCUT2D eigenvalue weighted by molar-refractivity contribution is 9.09. The first-order valence-corrected chi connectivity index (χ1v) is 10.8. The van der Waals surface area contributed by atoms with Crippen molar-refractivity contribution in [2.24, 2.45) is 0 Å². The SMILES string of the molecule is CC(C)(CCBr)Oc1ccc(S(=O)(=O)NC2CCCCC2)cc1. The Bertz CT molecular complexity index is 593. The molecular formula is C17H26BrNO3S. The van der Waals surface area contributed by atoms with Gasteiger partial charge in [0.2, 0.25) is 10.0 Å². The van der Waals surface area contributed by atoms with Gasteiger partial charge in [-0.15, -0.1) is 0 Å². The number of sulfonamides is 1. The molecule has 1 aliphatic rings. The number of alkyl halides is 1. The van der Waals surface area contributed by atoms with Gasteiger partial charge in [0.25, 0.3) is 0 Å². The van der Waals surface area contributed by atoms with E-state index in [0.717, 1.165) is 37.4 Å². The largest absolute Gasteiger partial charge is 0.488 e. The van der Waals surface area contributed by atoms with Crippen molar-refractivity contribution in [2.45, 2.75) is 68.9 Å². The molecule has 1 fully saturated rings. The van der Waals surface area contributed by atoms with Gasteiger partial charge in [-0.05, 0) is 57.4 Å². The van der Waals surface area contributed by atoms with Crippen molar-refractivity contribution in [1.82, 2.24) is 4.72 Å². The van der Waals surface area contributed by atoms with Crippen LogP contribution in [-0.2, 0) is 10.0 Å². The molecular weight excluding hydrogens is 378 g/mol. The second-order valence-electron chi connectivity index (χ2n) is 6.73. The predicted molar refractivity (Wildman–Crippen MR) is 96.8 cm³/mol. The molecule has 4 nitrogen and oxygen atoms in total. The van der Waals surface area contributed by atoms with Crippen LogP contribution in [0.15, 0.2) is 29.2 Å². The van der Waals surface area contributed by atoms with Crippen molar-refractivity contribution >= 4 is 26.0 Å². The van der Waals surface area contributed by atoms with E-state index in [1.54, 1.807) is 24.3 Å². The van der Waals surface area contributed by atoms with Crippen LogP contribution in [0.25, 0.3) is 0 Å². The van der Waals surface area contributed by atoms with Crippen molar-refractivity contribution in [3.8, 4) is 5.75 Å². The minimum atomic E-state index is -3.44. The summed E-state index contributed by atoms with van der Waals surface area (Å²) in [5.74, 6) is 0.688. The standard InChI is InChI=1S/C17H26BrNO3S/c1-17(2,12-13-18)22-15-8-10-16(11-9-15)23(20,21)19-14-6-4-3-5-7-14/h8-11,14,19H,3-7,12-13H2,1-2H3. The van der Waals surface area contributed by atoms with Gasteiger partial charge in [-0.25, -0.2) is 13.1 Å². The maximum absolute atomic E-state index is 12.4. The average molecular weight is 404 g/mol. The maximum Gasteiger partial charge on any atom is 0.240 e. The lowest BCUT2D eigenvalue weighted by atomic mass is 9.96. The number of hydrogen-bond donors (Lipinski definition) is 1. The molecule has 0 aliphatic heterocycles.